The van der Waals surface area contributed by atoms with E-state index in [1.165, 1.54) is 11.8 Å². The van der Waals surface area contributed by atoms with E-state index in [9.17, 15) is 14.7 Å². The zero-order valence-electron chi connectivity index (χ0n) is 15.1. The molecule has 0 unspecified atom stereocenters. The van der Waals surface area contributed by atoms with Crippen LogP contribution in [0.25, 0.3) is 10.4 Å². The fraction of sp³-hybridized carbons (Fsp3) is 0.421. The highest BCUT2D eigenvalue weighted by molar-refractivity contribution is 7.13. The maximum Gasteiger partial charge on any atom is 0.243 e. The van der Waals surface area contributed by atoms with Crippen LogP contribution in [0.3, 0.4) is 0 Å². The number of nitrogens with zero attached hydrogens (tertiary/aromatic N) is 2. The van der Waals surface area contributed by atoms with Gasteiger partial charge in [0, 0.05) is 19.9 Å². The maximum absolute atomic E-state index is 12.6. The first-order valence-electron chi connectivity index (χ1n) is 8.63. The number of amides is 2. The summed E-state index contributed by atoms with van der Waals surface area (Å²) in [6.07, 6.45) is -0.367. The second-order valence-electron chi connectivity index (χ2n) is 6.70. The van der Waals surface area contributed by atoms with Gasteiger partial charge in [-0.05, 0) is 25.0 Å². The van der Waals surface area contributed by atoms with Crippen LogP contribution in [-0.4, -0.2) is 45.5 Å². The van der Waals surface area contributed by atoms with Crippen LogP contribution in [0, 0.1) is 6.92 Å². The van der Waals surface area contributed by atoms with Crippen molar-refractivity contribution in [2.75, 3.05) is 6.54 Å². The summed E-state index contributed by atoms with van der Waals surface area (Å²) in [6.45, 7) is 5.53. The molecule has 0 radical (unpaired) electrons. The molecule has 1 saturated heterocycles. The van der Waals surface area contributed by atoms with Crippen molar-refractivity contribution in [1.29, 1.82) is 0 Å². The lowest BCUT2D eigenvalue weighted by Crippen LogP contribution is -2.45. The van der Waals surface area contributed by atoms with Gasteiger partial charge in [-0.25, -0.2) is 4.98 Å². The standard InChI is InChI=1S/C19H23N3O3S/c1-11(21-19(25)17-8-16(24)9-22(17)13(3)23)14-4-6-15(7-5-14)18-12(2)20-10-26-18/h4-7,10-11,16-17,24H,8-9H2,1-3H3,(H,21,25)/t11-,16+,17-/m0/s1. The molecule has 26 heavy (non-hydrogen) atoms. The first-order valence-corrected chi connectivity index (χ1v) is 9.51. The van der Waals surface area contributed by atoms with Crippen LogP contribution in [0.15, 0.2) is 29.8 Å². The first kappa shape index (κ1) is 18.5. The zero-order valence-corrected chi connectivity index (χ0v) is 15.9. The summed E-state index contributed by atoms with van der Waals surface area (Å²) >= 11 is 1.61. The molecule has 2 heterocycles. The van der Waals surface area contributed by atoms with E-state index in [1.807, 2.05) is 43.6 Å². The van der Waals surface area contributed by atoms with Crippen molar-refractivity contribution < 1.29 is 14.7 Å². The van der Waals surface area contributed by atoms with Crippen molar-refractivity contribution in [1.82, 2.24) is 15.2 Å². The Hall–Kier alpha value is -2.25. The predicted octanol–water partition coefficient (Wildman–Crippen LogP) is 2.28. The molecule has 1 fully saturated rings. The van der Waals surface area contributed by atoms with Crippen molar-refractivity contribution >= 4 is 23.2 Å². The zero-order chi connectivity index (χ0) is 18.8. The number of aromatic nitrogens is 1. The fourth-order valence-electron chi connectivity index (χ4n) is 3.31. The highest BCUT2D eigenvalue weighted by Gasteiger charge is 2.37. The monoisotopic (exact) mass is 373 g/mol. The van der Waals surface area contributed by atoms with Gasteiger partial charge < -0.3 is 15.3 Å². The quantitative estimate of drug-likeness (QED) is 0.861. The molecule has 0 aliphatic carbocycles. The third kappa shape index (κ3) is 3.78. The van der Waals surface area contributed by atoms with Gasteiger partial charge in [0.05, 0.1) is 28.2 Å². The molecule has 2 N–H and O–H groups in total. The Kier molecular flexibility index (Phi) is 5.38. The highest BCUT2D eigenvalue weighted by atomic mass is 32.1. The number of thiazole rings is 1. The van der Waals surface area contributed by atoms with E-state index in [-0.39, 0.29) is 30.8 Å². The van der Waals surface area contributed by atoms with Gasteiger partial charge >= 0.3 is 0 Å². The molecule has 138 valence electrons. The molecule has 0 bridgehead atoms. The molecule has 0 spiro atoms. The number of hydrogen-bond donors (Lipinski definition) is 2. The fourth-order valence-corrected chi connectivity index (χ4v) is 4.12. The lowest BCUT2D eigenvalue weighted by Gasteiger charge is -2.24. The Bertz CT molecular complexity index is 803. The Balaban J connectivity index is 1.68. The topological polar surface area (TPSA) is 82.5 Å². The summed E-state index contributed by atoms with van der Waals surface area (Å²) in [5, 5.41) is 12.7. The third-order valence-corrected chi connectivity index (χ3v) is 5.74. The van der Waals surface area contributed by atoms with Crippen molar-refractivity contribution in [2.45, 2.75) is 45.4 Å². The van der Waals surface area contributed by atoms with Gasteiger partial charge in [0.2, 0.25) is 11.8 Å². The first-order chi connectivity index (χ1) is 12.4. The van der Waals surface area contributed by atoms with Crippen LogP contribution >= 0.6 is 11.3 Å². The van der Waals surface area contributed by atoms with Gasteiger partial charge in [-0.1, -0.05) is 24.3 Å². The number of β-amino-alcohol motifs (C(OH)–C–C–N with tert-alkyl or cyclic N) is 1. The number of aryl methyl sites for hydroxylation is 1. The van der Waals surface area contributed by atoms with Gasteiger partial charge in [-0.2, -0.15) is 0 Å². The number of likely N-dealkylation sites (tertiary alicyclic amines) is 1. The van der Waals surface area contributed by atoms with Crippen LogP contribution in [0.4, 0.5) is 0 Å². The number of nitrogens with one attached hydrogen (secondary N) is 1. The Morgan fingerprint density at radius 1 is 1.35 bits per heavy atom. The van der Waals surface area contributed by atoms with Gasteiger partial charge in [-0.3, -0.25) is 9.59 Å². The summed E-state index contributed by atoms with van der Waals surface area (Å²) in [4.78, 5) is 31.1. The van der Waals surface area contributed by atoms with Crippen molar-refractivity contribution in [2.24, 2.45) is 0 Å². The molecule has 1 aliphatic rings. The van der Waals surface area contributed by atoms with Gasteiger partial charge in [0.25, 0.3) is 0 Å². The van der Waals surface area contributed by atoms with Gasteiger partial charge in [0.15, 0.2) is 0 Å². The summed E-state index contributed by atoms with van der Waals surface area (Å²) in [5.74, 6) is -0.426. The molecule has 1 aliphatic heterocycles. The number of hydrogen-bond acceptors (Lipinski definition) is 5. The van der Waals surface area contributed by atoms with Crippen LogP contribution in [0.2, 0.25) is 0 Å². The normalized spacial score (nSPS) is 20.8. The Morgan fingerprint density at radius 3 is 2.62 bits per heavy atom. The predicted molar refractivity (Wildman–Crippen MR) is 101 cm³/mol. The summed E-state index contributed by atoms with van der Waals surface area (Å²) in [5.41, 5.74) is 4.93. The molecule has 0 saturated carbocycles. The van der Waals surface area contributed by atoms with E-state index in [0.717, 1.165) is 21.7 Å². The average Bonchev–Trinajstić information content (AvgIpc) is 3.20. The number of aliphatic hydroxyl groups excluding tert-OH is 1. The number of carbonyl (C=O) groups is 2. The van der Waals surface area contributed by atoms with E-state index >= 15 is 0 Å². The maximum atomic E-state index is 12.6. The highest BCUT2D eigenvalue weighted by Crippen LogP contribution is 2.28. The van der Waals surface area contributed by atoms with E-state index in [2.05, 4.69) is 10.3 Å². The minimum absolute atomic E-state index is 0.189. The number of carbonyl (C=O) groups excluding carboxylic acids is 2. The van der Waals surface area contributed by atoms with Crippen LogP contribution in [0.5, 0.6) is 0 Å². The van der Waals surface area contributed by atoms with Crippen molar-refractivity contribution in [3.8, 4) is 10.4 Å². The summed E-state index contributed by atoms with van der Waals surface area (Å²) < 4.78 is 0. The molecule has 2 amide bonds. The number of rotatable bonds is 4. The van der Waals surface area contributed by atoms with Gasteiger partial charge in [0.1, 0.15) is 6.04 Å². The SMILES string of the molecule is CC(=O)N1C[C@H](O)C[C@H]1C(=O)N[C@@H](C)c1ccc(-c2scnc2C)cc1. The molecular weight excluding hydrogens is 350 g/mol. The summed E-state index contributed by atoms with van der Waals surface area (Å²) in [6, 6.07) is 7.24. The van der Waals surface area contributed by atoms with Crippen LogP contribution in [0.1, 0.15) is 37.6 Å². The van der Waals surface area contributed by atoms with Crippen molar-refractivity contribution in [3.05, 3.63) is 41.0 Å². The van der Waals surface area contributed by atoms with Gasteiger partial charge in [-0.15, -0.1) is 11.3 Å². The minimum Gasteiger partial charge on any atom is -0.391 e. The van der Waals surface area contributed by atoms with E-state index < -0.39 is 12.1 Å². The molecule has 6 nitrogen and oxygen atoms in total. The van der Waals surface area contributed by atoms with Crippen molar-refractivity contribution in [3.63, 3.8) is 0 Å². The molecule has 3 atom stereocenters. The Labute approximate surface area is 156 Å². The number of aliphatic hydroxyl groups is 1. The molecule has 3 rings (SSSR count). The summed E-state index contributed by atoms with van der Waals surface area (Å²) in [7, 11) is 0. The van der Waals surface area contributed by atoms with E-state index in [4.69, 9.17) is 0 Å². The largest absolute Gasteiger partial charge is 0.391 e. The third-order valence-electron chi connectivity index (χ3n) is 4.76. The van der Waals surface area contributed by atoms with E-state index in [1.54, 1.807) is 11.3 Å². The lowest BCUT2D eigenvalue weighted by molar-refractivity contribution is -0.137. The molecular formula is C19H23N3O3S. The molecule has 1 aromatic carbocycles. The smallest absolute Gasteiger partial charge is 0.243 e. The Morgan fingerprint density at radius 2 is 2.04 bits per heavy atom. The molecule has 2 aromatic rings. The lowest BCUT2D eigenvalue weighted by atomic mass is 10.0. The van der Waals surface area contributed by atoms with Crippen LogP contribution in [-0.2, 0) is 9.59 Å². The molecule has 7 heteroatoms. The number of benzene rings is 1. The van der Waals surface area contributed by atoms with E-state index in [0.29, 0.717) is 0 Å². The minimum atomic E-state index is -0.646. The second-order valence-corrected chi connectivity index (χ2v) is 7.55. The second kappa shape index (κ2) is 7.55. The average molecular weight is 373 g/mol. The van der Waals surface area contributed by atoms with Crippen LogP contribution < -0.4 is 5.32 Å². The molecule has 1 aromatic heterocycles.